The number of benzene rings is 1. The van der Waals surface area contributed by atoms with Gasteiger partial charge in [0.25, 0.3) is 0 Å². The molecular weight excluding hydrogens is 716 g/mol. The number of methoxy groups -OCH3 is 1. The number of aromatic nitrogens is 5. The van der Waals surface area contributed by atoms with Crippen molar-refractivity contribution in [2.75, 3.05) is 19.0 Å². The molecule has 1 saturated carbocycles. The fraction of sp³-hybridized carbons (Fsp3) is 0.405. The summed E-state index contributed by atoms with van der Waals surface area (Å²) in [4.78, 5) is 69.3. The molecule has 2 fully saturated rings. The zero-order valence-corrected chi connectivity index (χ0v) is 30.3. The first kappa shape index (κ1) is 34.6. The van der Waals surface area contributed by atoms with Crippen LogP contribution in [-0.4, -0.2) is 78.9 Å². The molecule has 3 aromatic heterocycles. The normalized spacial score (nSPS) is 22.0. The third-order valence-corrected chi connectivity index (χ3v) is 10.5. The van der Waals surface area contributed by atoms with Gasteiger partial charge in [0.1, 0.15) is 34.5 Å². The van der Waals surface area contributed by atoms with Crippen molar-refractivity contribution >= 4 is 56.2 Å². The number of carbonyl (C=O) groups is 4. The van der Waals surface area contributed by atoms with E-state index in [9.17, 15) is 19.2 Å². The highest BCUT2D eigenvalue weighted by Gasteiger charge is 2.67. The molecule has 4 aromatic rings. The van der Waals surface area contributed by atoms with E-state index in [-0.39, 0.29) is 48.4 Å². The summed E-state index contributed by atoms with van der Waals surface area (Å²) in [5.74, 6) is 0.0464. The summed E-state index contributed by atoms with van der Waals surface area (Å²) in [6.07, 6.45) is 10.9. The zero-order chi connectivity index (χ0) is 35.9. The summed E-state index contributed by atoms with van der Waals surface area (Å²) in [6.45, 7) is 3.72. The van der Waals surface area contributed by atoms with Crippen LogP contribution in [0, 0.1) is 12.3 Å². The summed E-state index contributed by atoms with van der Waals surface area (Å²) in [6, 6.07) is 6.46. The molecule has 0 spiro atoms. The van der Waals surface area contributed by atoms with Crippen molar-refractivity contribution in [1.82, 2.24) is 34.9 Å². The summed E-state index contributed by atoms with van der Waals surface area (Å²) in [7, 11) is 1.56. The molecule has 1 aromatic carbocycles. The fourth-order valence-electron chi connectivity index (χ4n) is 7.44. The Balaban J connectivity index is 1.29. The number of hydrogen-bond donors (Lipinski definition) is 2. The van der Waals surface area contributed by atoms with E-state index in [1.807, 2.05) is 31.2 Å². The molecule has 14 heteroatoms. The smallest absolute Gasteiger partial charge is 0.248 e. The van der Waals surface area contributed by atoms with Crippen LogP contribution in [0.2, 0.25) is 0 Å². The Hall–Kier alpha value is -4.82. The van der Waals surface area contributed by atoms with Gasteiger partial charge in [-0.3, -0.25) is 23.9 Å². The van der Waals surface area contributed by atoms with Crippen molar-refractivity contribution in [2.24, 2.45) is 5.41 Å². The van der Waals surface area contributed by atoms with Crippen molar-refractivity contribution in [3.05, 3.63) is 76.1 Å². The van der Waals surface area contributed by atoms with Crippen LogP contribution in [-0.2, 0) is 38.7 Å². The first-order valence-electron chi connectivity index (χ1n) is 17.1. The maximum atomic E-state index is 14.5. The van der Waals surface area contributed by atoms with Crippen molar-refractivity contribution in [2.45, 2.75) is 77.6 Å². The predicted octanol–water partition coefficient (Wildman–Crippen LogP) is 4.71. The average molecular weight is 756 g/mol. The lowest BCUT2D eigenvalue weighted by molar-refractivity contribution is -0.138. The molecule has 3 atom stereocenters. The highest BCUT2D eigenvalue weighted by atomic mass is 79.9. The van der Waals surface area contributed by atoms with Crippen LogP contribution in [0.4, 0.5) is 5.82 Å². The molecule has 5 heterocycles. The number of anilines is 1. The molecule has 2 N–H and O–H groups in total. The van der Waals surface area contributed by atoms with Gasteiger partial charge in [-0.15, -0.1) is 0 Å². The number of carbonyl (C=O) groups excluding carboxylic acids is 4. The van der Waals surface area contributed by atoms with Crippen molar-refractivity contribution in [1.29, 1.82) is 0 Å². The van der Waals surface area contributed by atoms with Crippen LogP contribution in [0.15, 0.2) is 53.4 Å². The maximum absolute atomic E-state index is 14.5. The molecule has 1 saturated heterocycles. The van der Waals surface area contributed by atoms with E-state index in [4.69, 9.17) is 9.84 Å². The number of halogens is 1. The van der Waals surface area contributed by atoms with Gasteiger partial charge in [0, 0.05) is 67.4 Å². The molecule has 13 nitrogen and oxygen atoms in total. The van der Waals surface area contributed by atoms with E-state index in [1.54, 1.807) is 35.2 Å². The topological polar surface area (TPSA) is 161 Å². The van der Waals surface area contributed by atoms with Gasteiger partial charge in [0.05, 0.1) is 12.1 Å². The summed E-state index contributed by atoms with van der Waals surface area (Å²) < 4.78 is 7.47. The van der Waals surface area contributed by atoms with Gasteiger partial charge >= 0.3 is 0 Å². The number of nitrogens with zero attached hydrogens (tertiary/aromatic N) is 6. The Bertz CT molecular complexity index is 2080. The minimum atomic E-state index is -0.812. The SMILES string of the molecule is COCc1ccc(Br)nc1NC(=O)[C@@H]1C[C@]23CNC(=O)CCCC=CCc4cc(-c5cnc(C)nc5)cc5c(C(C)=O)nn(c45)CC(=O)N1[C@@H]2C3. The number of allylic oxidation sites excluding steroid dienone is 2. The van der Waals surface area contributed by atoms with E-state index >= 15 is 0 Å². The quantitative estimate of drug-likeness (QED) is 0.162. The largest absolute Gasteiger partial charge is 0.380 e. The Labute approximate surface area is 303 Å². The first-order valence-corrected chi connectivity index (χ1v) is 17.9. The summed E-state index contributed by atoms with van der Waals surface area (Å²) >= 11 is 3.39. The van der Waals surface area contributed by atoms with Crippen LogP contribution in [0.25, 0.3) is 22.0 Å². The zero-order valence-electron chi connectivity index (χ0n) is 28.7. The molecule has 0 unspecified atom stereocenters. The second-order valence-electron chi connectivity index (χ2n) is 13.6. The van der Waals surface area contributed by atoms with E-state index in [2.05, 4.69) is 47.6 Å². The van der Waals surface area contributed by atoms with E-state index < -0.39 is 11.5 Å². The second kappa shape index (κ2) is 14.1. The van der Waals surface area contributed by atoms with Crippen LogP contribution >= 0.6 is 15.9 Å². The maximum Gasteiger partial charge on any atom is 0.248 e. The number of ketones is 1. The monoisotopic (exact) mass is 754 g/mol. The molecule has 2 bridgehead atoms. The number of ether oxygens (including phenoxy) is 1. The van der Waals surface area contributed by atoms with Crippen LogP contribution in [0.5, 0.6) is 0 Å². The third kappa shape index (κ3) is 6.94. The van der Waals surface area contributed by atoms with Gasteiger partial charge in [-0.2, -0.15) is 5.10 Å². The number of Topliss-reactive ketones (excluding diaryl/α,β-unsaturated/α-hetero) is 1. The average Bonchev–Trinajstić information content (AvgIpc) is 3.51. The number of nitrogens with one attached hydrogen (secondary N) is 2. The minimum Gasteiger partial charge on any atom is -0.380 e. The van der Waals surface area contributed by atoms with Gasteiger partial charge < -0.3 is 20.3 Å². The molecule has 51 heavy (non-hydrogen) atoms. The number of pyridine rings is 1. The number of hydrogen-bond acceptors (Lipinski definition) is 9. The molecular formula is C37H39BrN8O5. The second-order valence-corrected chi connectivity index (χ2v) is 14.4. The molecule has 1 aliphatic carbocycles. The predicted molar refractivity (Wildman–Crippen MR) is 193 cm³/mol. The summed E-state index contributed by atoms with van der Waals surface area (Å²) in [5, 5.41) is 11.4. The standard InChI is InChI=1S/C37H39BrN8O5/c1-21(47)33-27-13-25(26-16-39-22(2)40-17-26)12-23-8-6-4-5-7-9-31(48)41-20-37-14-28(36(50)43-35-24(19-51-3)10-11-30(38)42-35)46(29(37)15-37)32(49)18-45(44-33)34(23)27/h4,6,10-13,16-17,28-29H,5,7-9,14-15,18-20H2,1-3H3,(H,41,48)(H,42,43,50)/t28-,29+,37-/m0/s1. The molecule has 7 rings (SSSR count). The van der Waals surface area contributed by atoms with Crippen molar-refractivity contribution in [3.63, 3.8) is 0 Å². The van der Waals surface area contributed by atoms with Crippen LogP contribution in [0.3, 0.4) is 0 Å². The number of rotatable bonds is 6. The van der Waals surface area contributed by atoms with E-state index in [0.717, 1.165) is 23.1 Å². The van der Waals surface area contributed by atoms with Gasteiger partial charge in [0.2, 0.25) is 17.7 Å². The molecule has 2 aliphatic heterocycles. The van der Waals surface area contributed by atoms with Crippen LogP contribution < -0.4 is 10.6 Å². The minimum absolute atomic E-state index is 0.0484. The lowest BCUT2D eigenvalue weighted by atomic mass is 9.98. The molecule has 3 aliphatic rings. The molecule has 0 radical (unpaired) electrons. The Morgan fingerprint density at radius 3 is 2.69 bits per heavy atom. The van der Waals surface area contributed by atoms with Crippen molar-refractivity contribution < 1.29 is 23.9 Å². The number of amides is 3. The Kier molecular flexibility index (Phi) is 9.55. The van der Waals surface area contributed by atoms with Gasteiger partial charge in [-0.1, -0.05) is 18.2 Å². The third-order valence-electron chi connectivity index (χ3n) is 10.1. The van der Waals surface area contributed by atoms with Gasteiger partial charge in [0.15, 0.2) is 5.78 Å². The number of piperidine rings is 1. The first-order chi connectivity index (χ1) is 24.6. The van der Waals surface area contributed by atoms with Crippen LogP contribution in [0.1, 0.15) is 66.5 Å². The number of aryl methyl sites for hydroxylation is 1. The highest BCUT2D eigenvalue weighted by Crippen LogP contribution is 2.59. The van der Waals surface area contributed by atoms with Crippen molar-refractivity contribution in [3.8, 4) is 11.1 Å². The Morgan fingerprint density at radius 1 is 1.12 bits per heavy atom. The fourth-order valence-corrected chi connectivity index (χ4v) is 7.75. The van der Waals surface area contributed by atoms with Gasteiger partial charge in [-0.05, 0) is 84.3 Å². The highest BCUT2D eigenvalue weighted by molar-refractivity contribution is 9.10. The molecule has 3 amide bonds. The lowest BCUT2D eigenvalue weighted by Crippen LogP contribution is -2.47. The molecule has 264 valence electrons. The lowest BCUT2D eigenvalue weighted by Gasteiger charge is -2.27. The van der Waals surface area contributed by atoms with E-state index in [0.29, 0.717) is 71.4 Å². The van der Waals surface area contributed by atoms with Gasteiger partial charge in [-0.25, -0.2) is 15.0 Å². The Morgan fingerprint density at radius 2 is 1.92 bits per heavy atom. The van der Waals surface area contributed by atoms with E-state index in [1.165, 1.54) is 6.92 Å². The summed E-state index contributed by atoms with van der Waals surface area (Å²) in [5.41, 5.74) is 3.70.